The van der Waals surface area contributed by atoms with E-state index in [0.29, 0.717) is 36.6 Å². The van der Waals surface area contributed by atoms with E-state index in [4.69, 9.17) is 16.3 Å². The van der Waals surface area contributed by atoms with Gasteiger partial charge in [-0.25, -0.2) is 6.08 Å². The summed E-state index contributed by atoms with van der Waals surface area (Å²) in [6.45, 7) is 8.84. The molecule has 34 heavy (non-hydrogen) atoms. The Morgan fingerprint density at radius 3 is 2.71 bits per heavy atom. The van der Waals surface area contributed by atoms with Crippen molar-refractivity contribution >= 4 is 23.7 Å². The van der Waals surface area contributed by atoms with E-state index in [1.807, 2.05) is 30.3 Å². The fraction of sp³-hybridized carbons (Fsp3) is 0.423. The standard InChI is InChI=1S/C16H17ClN2O.C10H16NO2.Li/c1-3-19-12(2)18-11-15(19)16(20)10-6-8-13-7-4-5-9-14(13)17;1-11(5-3-4-6-12)9-7-10(8-9)13-2;/h4-5,7,9,11H,1-3,6,8,10H2;3-4,9-10H,5,7-8H2,1-2H3;/q-2;-1;+1/b;4-3+;. The summed E-state index contributed by atoms with van der Waals surface area (Å²) in [6, 6.07) is 8.32. The van der Waals surface area contributed by atoms with E-state index in [-0.39, 0.29) is 24.6 Å². The summed E-state index contributed by atoms with van der Waals surface area (Å²) in [5.74, 6) is 0.651. The molecule has 0 unspecified atom stereocenters. The zero-order valence-electron chi connectivity index (χ0n) is 20.5. The molecule has 0 aliphatic heterocycles. The van der Waals surface area contributed by atoms with Crippen molar-refractivity contribution in [2.75, 3.05) is 20.7 Å². The molecule has 1 saturated carbocycles. The molecule has 0 spiro atoms. The molecule has 1 fully saturated rings. The maximum atomic E-state index is 12.2. The third kappa shape index (κ3) is 9.09. The molecule has 1 aliphatic carbocycles. The zero-order chi connectivity index (χ0) is 24.2. The van der Waals surface area contributed by atoms with Crippen molar-refractivity contribution in [1.82, 2.24) is 14.5 Å². The number of likely N-dealkylation sites (N-methyl/N-ethyl adjacent to an activating group) is 1. The van der Waals surface area contributed by atoms with Gasteiger partial charge in [0.15, 0.2) is 5.78 Å². The Hall–Kier alpha value is -1.81. The largest absolute Gasteiger partial charge is 1.00 e. The third-order valence-corrected chi connectivity index (χ3v) is 6.23. The molecule has 2 aromatic rings. The summed E-state index contributed by atoms with van der Waals surface area (Å²) in [5.41, 5.74) is 1.66. The van der Waals surface area contributed by atoms with Crippen LogP contribution in [0.2, 0.25) is 5.02 Å². The predicted molar refractivity (Wildman–Crippen MR) is 132 cm³/mol. The molecule has 0 radical (unpaired) electrons. The van der Waals surface area contributed by atoms with Crippen LogP contribution >= 0.6 is 11.6 Å². The number of rotatable bonds is 11. The summed E-state index contributed by atoms with van der Waals surface area (Å²) in [7, 11) is 3.81. The summed E-state index contributed by atoms with van der Waals surface area (Å²) in [4.78, 5) is 28.3. The van der Waals surface area contributed by atoms with Crippen molar-refractivity contribution in [3.8, 4) is 0 Å². The number of aryl methyl sites for hydroxylation is 1. The van der Waals surface area contributed by atoms with Gasteiger partial charge in [-0.15, -0.1) is 6.54 Å². The Morgan fingerprint density at radius 1 is 1.38 bits per heavy atom. The van der Waals surface area contributed by atoms with E-state index in [9.17, 15) is 9.59 Å². The molecule has 0 atom stereocenters. The second kappa shape index (κ2) is 16.0. The number of benzene rings is 1. The van der Waals surface area contributed by atoms with Crippen LogP contribution in [-0.4, -0.2) is 59.4 Å². The normalized spacial score (nSPS) is 17.0. The SMILES string of the molecule is COC1CC(N(C)C/C=C/[C-]=O)C1.[CH2-]Cn1c(C(=O)CCCc2ccccc2Cl)cnc1[CH2-].[Li+]. The van der Waals surface area contributed by atoms with Crippen molar-refractivity contribution in [3.63, 3.8) is 0 Å². The van der Waals surface area contributed by atoms with Crippen LogP contribution < -0.4 is 18.9 Å². The minimum Gasteiger partial charge on any atom is -0.419 e. The first-order valence-electron chi connectivity index (χ1n) is 11.1. The Morgan fingerprint density at radius 2 is 2.09 bits per heavy atom. The fourth-order valence-electron chi connectivity index (χ4n) is 3.66. The van der Waals surface area contributed by atoms with Crippen molar-refractivity contribution in [2.24, 2.45) is 0 Å². The van der Waals surface area contributed by atoms with Crippen LogP contribution in [0.25, 0.3) is 0 Å². The number of nitrogens with zero attached hydrogens (tertiary/aromatic N) is 3. The molecule has 0 bridgehead atoms. The van der Waals surface area contributed by atoms with Gasteiger partial charge >= 0.3 is 18.9 Å². The monoisotopic (exact) mass is 477 g/mol. The first kappa shape index (κ1) is 30.2. The number of carbonyl (C=O) groups excluding carboxylic acids is 2. The van der Waals surface area contributed by atoms with Crippen LogP contribution in [-0.2, 0) is 22.5 Å². The number of Topliss-reactive ketones (excluding diaryl/α,β-unsaturated/α-hetero) is 1. The van der Waals surface area contributed by atoms with E-state index in [1.54, 1.807) is 24.2 Å². The number of allylic oxidation sites excluding steroid dienone is 1. The van der Waals surface area contributed by atoms with Gasteiger partial charge in [0.2, 0.25) is 0 Å². The smallest absolute Gasteiger partial charge is 0.419 e. The topological polar surface area (TPSA) is 64.4 Å². The Kier molecular flexibility index (Phi) is 14.2. The van der Waals surface area contributed by atoms with E-state index >= 15 is 0 Å². The number of aromatic nitrogens is 2. The maximum absolute atomic E-state index is 12.2. The fourth-order valence-corrected chi connectivity index (χ4v) is 3.89. The Balaban J connectivity index is 0.000000360. The van der Waals surface area contributed by atoms with Gasteiger partial charge < -0.3 is 32.8 Å². The van der Waals surface area contributed by atoms with Gasteiger partial charge in [0.1, 0.15) is 0 Å². The van der Waals surface area contributed by atoms with E-state index in [2.05, 4.69) is 30.8 Å². The molecule has 1 aromatic carbocycles. The molecule has 180 valence electrons. The maximum Gasteiger partial charge on any atom is 1.00 e. The number of imidazole rings is 1. The van der Waals surface area contributed by atoms with Gasteiger partial charge in [-0.1, -0.05) is 29.8 Å². The summed E-state index contributed by atoms with van der Waals surface area (Å²) in [6.07, 6.45) is 11.2. The van der Waals surface area contributed by atoms with Crippen LogP contribution in [0.3, 0.4) is 0 Å². The molecule has 8 heteroatoms. The number of methoxy groups -OCH3 is 1. The minimum absolute atomic E-state index is 0. The first-order valence-corrected chi connectivity index (χ1v) is 11.5. The number of ketones is 1. The van der Waals surface area contributed by atoms with Gasteiger partial charge in [-0.2, -0.15) is 6.08 Å². The molecule has 1 heterocycles. The predicted octanol–water partition coefficient (Wildman–Crippen LogP) is 1.52. The second-order valence-electron chi connectivity index (χ2n) is 8.02. The van der Waals surface area contributed by atoms with Gasteiger partial charge in [0.05, 0.1) is 18.0 Å². The molecule has 0 amide bonds. The molecule has 0 saturated heterocycles. The molecular formula is C26H33ClLiN3O3-2. The molecular weight excluding hydrogens is 445 g/mol. The van der Waals surface area contributed by atoms with Crippen LogP contribution in [0.15, 0.2) is 42.6 Å². The number of carbonyl (C=O) groups is 1. The van der Waals surface area contributed by atoms with Crippen LogP contribution in [0.5, 0.6) is 0 Å². The van der Waals surface area contributed by atoms with Crippen molar-refractivity contribution in [2.45, 2.75) is 50.8 Å². The zero-order valence-corrected chi connectivity index (χ0v) is 21.3. The first-order chi connectivity index (χ1) is 15.9. The summed E-state index contributed by atoms with van der Waals surface area (Å²) < 4.78 is 6.92. The third-order valence-electron chi connectivity index (χ3n) is 5.86. The van der Waals surface area contributed by atoms with E-state index < -0.39 is 0 Å². The van der Waals surface area contributed by atoms with Gasteiger partial charge in [0, 0.05) is 24.6 Å². The second-order valence-corrected chi connectivity index (χ2v) is 8.43. The van der Waals surface area contributed by atoms with Crippen LogP contribution in [0.4, 0.5) is 0 Å². The van der Waals surface area contributed by atoms with E-state index in [1.165, 1.54) is 6.08 Å². The minimum atomic E-state index is 0. The molecule has 6 nitrogen and oxygen atoms in total. The van der Waals surface area contributed by atoms with E-state index in [0.717, 1.165) is 42.8 Å². The number of ether oxygens (including phenoxy) is 1. The van der Waals surface area contributed by atoms with Gasteiger partial charge in [-0.05, 0) is 63.0 Å². The summed E-state index contributed by atoms with van der Waals surface area (Å²) in [5, 5.41) is 0.753. The molecule has 1 aliphatic rings. The summed E-state index contributed by atoms with van der Waals surface area (Å²) >= 11 is 6.09. The van der Waals surface area contributed by atoms with Crippen LogP contribution in [0, 0.1) is 13.8 Å². The Labute approximate surface area is 220 Å². The average Bonchev–Trinajstić information content (AvgIpc) is 3.15. The van der Waals surface area contributed by atoms with Crippen molar-refractivity contribution < 1.29 is 33.2 Å². The Bertz CT molecular complexity index is 926. The quantitative estimate of drug-likeness (QED) is 0.212. The molecule has 1 aromatic heterocycles. The van der Waals surface area contributed by atoms with Crippen molar-refractivity contribution in [1.29, 1.82) is 0 Å². The average molecular weight is 478 g/mol. The van der Waals surface area contributed by atoms with Crippen molar-refractivity contribution in [3.05, 3.63) is 78.6 Å². The van der Waals surface area contributed by atoms with Gasteiger partial charge in [-0.3, -0.25) is 9.78 Å². The number of halogens is 1. The van der Waals surface area contributed by atoms with Gasteiger partial charge in [0.25, 0.3) is 0 Å². The molecule has 3 rings (SSSR count). The van der Waals surface area contributed by atoms with Crippen LogP contribution in [0.1, 0.15) is 47.6 Å². The number of hydrogen-bond donors (Lipinski definition) is 0. The molecule has 0 N–H and O–H groups in total. The number of hydrogen-bond acceptors (Lipinski definition) is 5.